The van der Waals surface area contributed by atoms with Crippen molar-refractivity contribution >= 4 is 16.9 Å². The average Bonchev–Trinajstić information content (AvgIpc) is 3.02. The molecule has 1 saturated heterocycles. The highest BCUT2D eigenvalue weighted by Gasteiger charge is 2.33. The van der Waals surface area contributed by atoms with E-state index in [4.69, 9.17) is 9.15 Å². The highest BCUT2D eigenvalue weighted by molar-refractivity contribution is 5.98. The van der Waals surface area contributed by atoms with Gasteiger partial charge in [0.2, 0.25) is 0 Å². The van der Waals surface area contributed by atoms with Crippen LogP contribution in [-0.2, 0) is 4.74 Å². The van der Waals surface area contributed by atoms with Gasteiger partial charge < -0.3 is 19.6 Å². The zero-order valence-electron chi connectivity index (χ0n) is 11.3. The predicted molar refractivity (Wildman–Crippen MR) is 73.7 cm³/mol. The summed E-state index contributed by atoms with van der Waals surface area (Å²) in [4.78, 5) is 12.2. The molecule has 1 aliphatic rings. The number of furan rings is 1. The van der Waals surface area contributed by atoms with Crippen molar-refractivity contribution in [2.75, 3.05) is 19.8 Å². The molecule has 5 heteroatoms. The second kappa shape index (κ2) is 4.92. The molecule has 20 heavy (non-hydrogen) atoms. The van der Waals surface area contributed by atoms with Gasteiger partial charge in [0.15, 0.2) is 5.76 Å². The van der Waals surface area contributed by atoms with E-state index >= 15 is 0 Å². The number of hydrogen-bond donors (Lipinski definition) is 2. The van der Waals surface area contributed by atoms with Gasteiger partial charge in [0, 0.05) is 30.5 Å². The summed E-state index contributed by atoms with van der Waals surface area (Å²) in [5, 5.41) is 13.8. The van der Waals surface area contributed by atoms with Crippen LogP contribution >= 0.6 is 0 Å². The van der Waals surface area contributed by atoms with Crippen molar-refractivity contribution in [3.63, 3.8) is 0 Å². The van der Waals surface area contributed by atoms with E-state index in [1.54, 1.807) is 0 Å². The standard InChI is InChI=1S/C15H17NO4/c1-10-11-4-2-3-5-12(11)20-13(10)14(17)16-8-15(18)6-7-19-9-15/h2-5,18H,6-9H2,1H3,(H,16,17). The maximum atomic E-state index is 12.2. The number of ether oxygens (including phenoxy) is 1. The Balaban J connectivity index is 1.77. The van der Waals surface area contributed by atoms with Gasteiger partial charge in [0.1, 0.15) is 11.2 Å². The summed E-state index contributed by atoms with van der Waals surface area (Å²) in [6.07, 6.45) is 0.534. The Labute approximate surface area is 116 Å². The lowest BCUT2D eigenvalue weighted by molar-refractivity contribution is 0.0261. The van der Waals surface area contributed by atoms with Crippen molar-refractivity contribution in [2.45, 2.75) is 18.9 Å². The second-order valence-electron chi connectivity index (χ2n) is 5.26. The summed E-state index contributed by atoms with van der Waals surface area (Å²) in [5.41, 5.74) is 0.543. The summed E-state index contributed by atoms with van der Waals surface area (Å²) < 4.78 is 10.7. The lowest BCUT2D eigenvalue weighted by Crippen LogP contribution is -2.43. The molecule has 1 amide bonds. The van der Waals surface area contributed by atoms with Crippen LogP contribution in [0, 0.1) is 6.92 Å². The molecule has 3 rings (SSSR count). The highest BCUT2D eigenvalue weighted by atomic mass is 16.5. The lowest BCUT2D eigenvalue weighted by Gasteiger charge is -2.20. The Morgan fingerprint density at radius 2 is 2.25 bits per heavy atom. The second-order valence-corrected chi connectivity index (χ2v) is 5.26. The average molecular weight is 275 g/mol. The van der Waals surface area contributed by atoms with Crippen LogP contribution in [-0.4, -0.2) is 36.4 Å². The molecular weight excluding hydrogens is 258 g/mol. The van der Waals surface area contributed by atoms with Gasteiger partial charge in [-0.3, -0.25) is 4.79 Å². The molecule has 2 N–H and O–H groups in total. The zero-order chi connectivity index (χ0) is 14.2. The number of nitrogens with one attached hydrogen (secondary N) is 1. The Bertz CT molecular complexity index is 640. The predicted octanol–water partition coefficient (Wildman–Crippen LogP) is 1.62. The number of rotatable bonds is 3. The fourth-order valence-electron chi connectivity index (χ4n) is 2.45. The summed E-state index contributed by atoms with van der Waals surface area (Å²) in [6, 6.07) is 7.53. The van der Waals surface area contributed by atoms with Gasteiger partial charge in [0.05, 0.1) is 6.61 Å². The van der Waals surface area contributed by atoms with Gasteiger partial charge in [-0.1, -0.05) is 18.2 Å². The van der Waals surface area contributed by atoms with Gasteiger partial charge in [-0.15, -0.1) is 0 Å². The highest BCUT2D eigenvalue weighted by Crippen LogP contribution is 2.25. The smallest absolute Gasteiger partial charge is 0.287 e. The van der Waals surface area contributed by atoms with E-state index in [2.05, 4.69) is 5.32 Å². The molecule has 1 aromatic carbocycles. The molecular formula is C15H17NO4. The summed E-state index contributed by atoms with van der Waals surface area (Å²) >= 11 is 0. The summed E-state index contributed by atoms with van der Waals surface area (Å²) in [5.74, 6) is -0.00672. The molecule has 106 valence electrons. The number of carbonyl (C=O) groups excluding carboxylic acids is 1. The first-order valence-corrected chi connectivity index (χ1v) is 6.65. The Morgan fingerprint density at radius 3 is 2.95 bits per heavy atom. The first-order valence-electron chi connectivity index (χ1n) is 6.65. The molecule has 2 heterocycles. The van der Waals surface area contributed by atoms with E-state index in [-0.39, 0.29) is 19.1 Å². The maximum Gasteiger partial charge on any atom is 0.287 e. The molecule has 0 saturated carbocycles. The van der Waals surface area contributed by atoms with Crippen molar-refractivity contribution in [1.82, 2.24) is 5.32 Å². The molecule has 2 aromatic rings. The minimum atomic E-state index is -0.963. The number of para-hydroxylation sites is 1. The van der Waals surface area contributed by atoms with E-state index < -0.39 is 5.60 Å². The van der Waals surface area contributed by atoms with E-state index in [1.165, 1.54) is 0 Å². The maximum absolute atomic E-state index is 12.2. The quantitative estimate of drug-likeness (QED) is 0.893. The van der Waals surface area contributed by atoms with Crippen molar-refractivity contribution in [3.05, 3.63) is 35.6 Å². The number of carbonyl (C=O) groups is 1. The number of aryl methyl sites for hydroxylation is 1. The Morgan fingerprint density at radius 1 is 1.45 bits per heavy atom. The van der Waals surface area contributed by atoms with Gasteiger partial charge in [-0.05, 0) is 13.0 Å². The number of amides is 1. The summed E-state index contributed by atoms with van der Waals surface area (Å²) in [6.45, 7) is 2.80. The van der Waals surface area contributed by atoms with Crippen molar-refractivity contribution in [3.8, 4) is 0 Å². The SMILES string of the molecule is Cc1c(C(=O)NCC2(O)CCOC2)oc2ccccc12. The normalized spacial score (nSPS) is 22.3. The Kier molecular flexibility index (Phi) is 3.23. The van der Waals surface area contributed by atoms with Crippen molar-refractivity contribution < 1.29 is 19.1 Å². The first kappa shape index (κ1) is 13.1. The number of hydrogen-bond acceptors (Lipinski definition) is 4. The molecule has 1 aliphatic heterocycles. The molecule has 0 radical (unpaired) electrons. The lowest BCUT2D eigenvalue weighted by atomic mass is 10.0. The topological polar surface area (TPSA) is 71.7 Å². The van der Waals surface area contributed by atoms with Gasteiger partial charge >= 0.3 is 0 Å². The van der Waals surface area contributed by atoms with Gasteiger partial charge in [0.25, 0.3) is 5.91 Å². The molecule has 0 aliphatic carbocycles. The molecule has 0 bridgehead atoms. The van der Waals surface area contributed by atoms with E-state index in [9.17, 15) is 9.90 Å². The molecule has 0 spiro atoms. The fourth-order valence-corrected chi connectivity index (χ4v) is 2.45. The van der Waals surface area contributed by atoms with Crippen molar-refractivity contribution in [2.24, 2.45) is 0 Å². The van der Waals surface area contributed by atoms with Crippen LogP contribution in [0.4, 0.5) is 0 Å². The number of aliphatic hydroxyl groups is 1. The van der Waals surface area contributed by atoms with Crippen LogP contribution in [0.3, 0.4) is 0 Å². The monoisotopic (exact) mass is 275 g/mol. The third kappa shape index (κ3) is 2.30. The van der Waals surface area contributed by atoms with Crippen LogP contribution in [0.2, 0.25) is 0 Å². The molecule has 1 atom stereocenters. The number of benzene rings is 1. The van der Waals surface area contributed by atoms with E-state index in [0.717, 1.165) is 10.9 Å². The van der Waals surface area contributed by atoms with E-state index in [1.807, 2.05) is 31.2 Å². The van der Waals surface area contributed by atoms with Gasteiger partial charge in [-0.25, -0.2) is 0 Å². The minimum absolute atomic E-state index is 0.169. The third-order valence-electron chi connectivity index (χ3n) is 3.71. The number of fused-ring (bicyclic) bond motifs is 1. The Hall–Kier alpha value is -1.85. The van der Waals surface area contributed by atoms with Crippen molar-refractivity contribution in [1.29, 1.82) is 0 Å². The minimum Gasteiger partial charge on any atom is -0.451 e. The first-order chi connectivity index (χ1) is 9.59. The van der Waals surface area contributed by atoms with E-state index in [0.29, 0.717) is 24.4 Å². The summed E-state index contributed by atoms with van der Waals surface area (Å²) in [7, 11) is 0. The van der Waals surface area contributed by atoms with Crippen LogP contribution in [0.5, 0.6) is 0 Å². The molecule has 1 fully saturated rings. The van der Waals surface area contributed by atoms with Crippen LogP contribution in [0.15, 0.2) is 28.7 Å². The van der Waals surface area contributed by atoms with Gasteiger partial charge in [-0.2, -0.15) is 0 Å². The molecule has 5 nitrogen and oxygen atoms in total. The largest absolute Gasteiger partial charge is 0.451 e. The van der Waals surface area contributed by atoms with Crippen LogP contribution < -0.4 is 5.32 Å². The van der Waals surface area contributed by atoms with Crippen LogP contribution in [0.1, 0.15) is 22.5 Å². The van der Waals surface area contributed by atoms with Crippen LogP contribution in [0.25, 0.3) is 11.0 Å². The zero-order valence-corrected chi connectivity index (χ0v) is 11.3. The fraction of sp³-hybridized carbons (Fsp3) is 0.400. The third-order valence-corrected chi connectivity index (χ3v) is 3.71. The molecule has 1 aromatic heterocycles. The molecule has 1 unspecified atom stereocenters.